The molecule has 0 heterocycles. The molecule has 1 aliphatic carbocycles. The number of fused-ring (bicyclic) bond motifs is 1. The van der Waals surface area contributed by atoms with Gasteiger partial charge in [-0.3, -0.25) is 0 Å². The zero-order valence-electron chi connectivity index (χ0n) is 12.9. The van der Waals surface area contributed by atoms with Crippen molar-refractivity contribution in [3.05, 3.63) is 59.2 Å². The van der Waals surface area contributed by atoms with Crippen molar-refractivity contribution in [2.45, 2.75) is 26.4 Å². The first-order valence-corrected chi connectivity index (χ1v) is 7.32. The van der Waals surface area contributed by atoms with Gasteiger partial charge in [0.2, 0.25) is 0 Å². The SMILES string of the molecule is CC1(C)Cc2cc(-c3cc(F)cc(F)c3)ccc2C1OC(N)=O. The minimum atomic E-state index is -0.813. The Morgan fingerprint density at radius 2 is 1.78 bits per heavy atom. The molecule has 1 atom stereocenters. The molecule has 0 aliphatic heterocycles. The van der Waals surface area contributed by atoms with Crippen molar-refractivity contribution >= 4 is 6.09 Å². The molecule has 3 rings (SSSR count). The van der Waals surface area contributed by atoms with E-state index in [2.05, 4.69) is 0 Å². The molecule has 0 aromatic heterocycles. The Morgan fingerprint density at radius 3 is 2.39 bits per heavy atom. The first-order valence-electron chi connectivity index (χ1n) is 7.32. The fourth-order valence-electron chi connectivity index (χ4n) is 3.26. The molecule has 2 aromatic carbocycles. The highest BCUT2D eigenvalue weighted by molar-refractivity contribution is 5.67. The number of nitrogens with two attached hydrogens (primary N) is 1. The van der Waals surface area contributed by atoms with Crippen LogP contribution in [0.3, 0.4) is 0 Å². The Labute approximate surface area is 133 Å². The van der Waals surface area contributed by atoms with E-state index >= 15 is 0 Å². The van der Waals surface area contributed by atoms with Crippen LogP contribution in [0.5, 0.6) is 0 Å². The van der Waals surface area contributed by atoms with Crippen LogP contribution in [0.15, 0.2) is 36.4 Å². The highest BCUT2D eigenvalue weighted by Crippen LogP contribution is 2.48. The van der Waals surface area contributed by atoms with E-state index in [4.69, 9.17) is 10.5 Å². The van der Waals surface area contributed by atoms with Crippen LogP contribution < -0.4 is 5.73 Å². The van der Waals surface area contributed by atoms with Crippen molar-refractivity contribution in [1.82, 2.24) is 0 Å². The van der Waals surface area contributed by atoms with Gasteiger partial charge in [-0.05, 0) is 40.8 Å². The Kier molecular flexibility index (Phi) is 3.59. The number of primary amides is 1. The molecule has 23 heavy (non-hydrogen) atoms. The maximum absolute atomic E-state index is 13.4. The summed E-state index contributed by atoms with van der Waals surface area (Å²) in [6, 6.07) is 8.92. The number of halogens is 2. The number of carbonyl (C=O) groups excluding carboxylic acids is 1. The zero-order chi connectivity index (χ0) is 16.8. The van der Waals surface area contributed by atoms with E-state index in [-0.39, 0.29) is 5.41 Å². The van der Waals surface area contributed by atoms with Gasteiger partial charge in [0.05, 0.1) is 0 Å². The molecule has 0 radical (unpaired) electrons. The second kappa shape index (κ2) is 5.33. The van der Waals surface area contributed by atoms with Crippen molar-refractivity contribution < 1.29 is 18.3 Å². The van der Waals surface area contributed by atoms with E-state index in [0.717, 1.165) is 22.8 Å². The number of carbonyl (C=O) groups is 1. The summed E-state index contributed by atoms with van der Waals surface area (Å²) in [4.78, 5) is 11.1. The monoisotopic (exact) mass is 317 g/mol. The summed E-state index contributed by atoms with van der Waals surface area (Å²) in [7, 11) is 0. The quantitative estimate of drug-likeness (QED) is 0.895. The van der Waals surface area contributed by atoms with E-state index in [9.17, 15) is 13.6 Å². The predicted octanol–water partition coefficient (Wildman–Crippen LogP) is 4.35. The van der Waals surface area contributed by atoms with Crippen LogP contribution in [0.4, 0.5) is 13.6 Å². The summed E-state index contributed by atoms with van der Waals surface area (Å²) in [6.45, 7) is 3.98. The average molecular weight is 317 g/mol. The van der Waals surface area contributed by atoms with Crippen molar-refractivity contribution in [1.29, 1.82) is 0 Å². The number of hydrogen-bond donors (Lipinski definition) is 1. The molecular weight excluding hydrogens is 300 g/mol. The Hall–Kier alpha value is -2.43. The summed E-state index contributed by atoms with van der Waals surface area (Å²) in [5.74, 6) is -1.23. The maximum Gasteiger partial charge on any atom is 0.405 e. The molecule has 3 nitrogen and oxygen atoms in total. The van der Waals surface area contributed by atoms with Crippen LogP contribution in [-0.2, 0) is 11.2 Å². The normalized spacial score (nSPS) is 18.5. The zero-order valence-corrected chi connectivity index (χ0v) is 12.9. The van der Waals surface area contributed by atoms with Gasteiger partial charge in [-0.1, -0.05) is 32.0 Å². The minimum Gasteiger partial charge on any atom is -0.441 e. The molecule has 0 bridgehead atoms. The van der Waals surface area contributed by atoms with Gasteiger partial charge in [-0.2, -0.15) is 0 Å². The van der Waals surface area contributed by atoms with Crippen molar-refractivity contribution in [3.63, 3.8) is 0 Å². The van der Waals surface area contributed by atoms with Gasteiger partial charge < -0.3 is 10.5 Å². The molecule has 0 fully saturated rings. The van der Waals surface area contributed by atoms with Crippen LogP contribution in [0.1, 0.15) is 31.1 Å². The average Bonchev–Trinajstić information content (AvgIpc) is 2.67. The molecule has 1 unspecified atom stereocenters. The van der Waals surface area contributed by atoms with E-state index < -0.39 is 23.8 Å². The lowest BCUT2D eigenvalue weighted by molar-refractivity contribution is 0.0392. The number of ether oxygens (including phenoxy) is 1. The summed E-state index contributed by atoms with van der Waals surface area (Å²) in [5, 5.41) is 0. The van der Waals surface area contributed by atoms with E-state index in [1.807, 2.05) is 26.0 Å². The lowest BCUT2D eigenvalue weighted by Gasteiger charge is -2.26. The fraction of sp³-hybridized carbons (Fsp3) is 0.278. The Balaban J connectivity index is 2.03. The van der Waals surface area contributed by atoms with Crippen molar-refractivity contribution in [2.24, 2.45) is 11.1 Å². The van der Waals surface area contributed by atoms with Gasteiger partial charge in [0.1, 0.15) is 17.7 Å². The van der Waals surface area contributed by atoms with Crippen LogP contribution in [0.25, 0.3) is 11.1 Å². The van der Waals surface area contributed by atoms with Gasteiger partial charge in [0, 0.05) is 11.5 Å². The number of rotatable bonds is 2. The van der Waals surface area contributed by atoms with Crippen molar-refractivity contribution in [2.75, 3.05) is 0 Å². The summed E-state index contributed by atoms with van der Waals surface area (Å²) >= 11 is 0. The highest BCUT2D eigenvalue weighted by atomic mass is 19.1. The third-order valence-corrected chi connectivity index (χ3v) is 4.21. The third-order valence-electron chi connectivity index (χ3n) is 4.21. The molecule has 0 spiro atoms. The van der Waals surface area contributed by atoms with Crippen molar-refractivity contribution in [3.8, 4) is 11.1 Å². The second-order valence-corrected chi connectivity index (χ2v) is 6.55. The molecule has 0 saturated heterocycles. The first-order chi connectivity index (χ1) is 10.8. The number of benzene rings is 2. The van der Waals surface area contributed by atoms with Gasteiger partial charge in [0.25, 0.3) is 0 Å². The van der Waals surface area contributed by atoms with Crippen LogP contribution >= 0.6 is 0 Å². The summed E-state index contributed by atoms with van der Waals surface area (Å²) < 4.78 is 32.1. The van der Waals surface area contributed by atoms with Gasteiger partial charge in [-0.25, -0.2) is 13.6 Å². The van der Waals surface area contributed by atoms with Crippen LogP contribution in [0.2, 0.25) is 0 Å². The van der Waals surface area contributed by atoms with E-state index in [0.29, 0.717) is 12.0 Å². The topological polar surface area (TPSA) is 52.3 Å². The molecule has 1 aliphatic rings. The Bertz CT molecular complexity index is 766. The molecule has 2 N–H and O–H groups in total. The molecule has 0 saturated carbocycles. The maximum atomic E-state index is 13.4. The molecule has 2 aromatic rings. The van der Waals surface area contributed by atoms with Gasteiger partial charge in [0.15, 0.2) is 0 Å². The molecule has 120 valence electrons. The lowest BCUT2D eigenvalue weighted by atomic mass is 9.87. The first kappa shape index (κ1) is 15.5. The fourth-order valence-corrected chi connectivity index (χ4v) is 3.26. The molecule has 5 heteroatoms. The van der Waals surface area contributed by atoms with Gasteiger partial charge in [-0.15, -0.1) is 0 Å². The molecule has 1 amide bonds. The number of amides is 1. The smallest absolute Gasteiger partial charge is 0.405 e. The summed E-state index contributed by atoms with van der Waals surface area (Å²) in [6.07, 6.45) is -0.549. The van der Waals surface area contributed by atoms with E-state index in [1.165, 1.54) is 12.1 Å². The second-order valence-electron chi connectivity index (χ2n) is 6.55. The van der Waals surface area contributed by atoms with Crippen LogP contribution in [0, 0.1) is 17.0 Å². The Morgan fingerprint density at radius 1 is 1.13 bits per heavy atom. The number of hydrogen-bond acceptors (Lipinski definition) is 2. The lowest BCUT2D eigenvalue weighted by Crippen LogP contribution is -2.25. The standard InChI is InChI=1S/C18H17F2NO2/c1-18(2)9-12-5-10(11-6-13(19)8-14(20)7-11)3-4-15(12)16(18)23-17(21)22/h3-8,16H,9H2,1-2H3,(H2,21,22). The van der Waals surface area contributed by atoms with Crippen LogP contribution in [-0.4, -0.2) is 6.09 Å². The molecular formula is C18H17F2NO2. The predicted molar refractivity (Wildman–Crippen MR) is 82.7 cm³/mol. The summed E-state index contributed by atoms with van der Waals surface area (Å²) in [5.41, 5.74) is 7.94. The minimum absolute atomic E-state index is 0.289. The van der Waals surface area contributed by atoms with Gasteiger partial charge >= 0.3 is 6.09 Å². The third kappa shape index (κ3) is 2.91. The van der Waals surface area contributed by atoms with E-state index in [1.54, 1.807) is 6.07 Å². The highest BCUT2D eigenvalue weighted by Gasteiger charge is 2.41. The largest absolute Gasteiger partial charge is 0.441 e.